The van der Waals surface area contributed by atoms with Crippen LogP contribution >= 0.6 is 0 Å². The molecule has 6 rings (SSSR count). The standard InChI is InChI=1S/C32H34F3N7O4/c1-19-8-11-42(40-19)25-14-21(22-5-7-27(45-3)36-17-22)4-6-23(25)29(32(33,34)35)46-28-15-26(38-20(2)39-28)41-12-9-31(10-13-41)16-24(30(43)44)37-18-31/h4-8,11,14-15,17,24,29,37H,9-10,12-13,16,18H2,1-3H3,(H,43,44)/t24?,29-/m1/s1. The molecule has 2 saturated heterocycles. The average molecular weight is 638 g/mol. The zero-order chi connectivity index (χ0) is 32.6. The van der Waals surface area contributed by atoms with E-state index in [0.29, 0.717) is 54.6 Å². The van der Waals surface area contributed by atoms with Crippen LogP contribution in [-0.2, 0) is 4.79 Å². The Balaban J connectivity index is 1.30. The van der Waals surface area contributed by atoms with Crippen LogP contribution in [0.15, 0.2) is 54.9 Å². The number of anilines is 1. The van der Waals surface area contributed by atoms with Gasteiger partial charge < -0.3 is 24.8 Å². The SMILES string of the molecule is COc1ccc(-c2ccc([C@@H](Oc3cc(N4CCC5(CC4)CNC(C(=O)O)C5)nc(C)n3)C(F)(F)F)c(-n3ccc(C)n3)c2)cn1. The van der Waals surface area contributed by atoms with Gasteiger partial charge in [-0.2, -0.15) is 23.3 Å². The maximum atomic E-state index is 14.8. The van der Waals surface area contributed by atoms with Crippen molar-refractivity contribution in [3.63, 3.8) is 0 Å². The van der Waals surface area contributed by atoms with Crippen molar-refractivity contribution in [2.45, 2.75) is 51.4 Å². The maximum absolute atomic E-state index is 14.8. The lowest BCUT2D eigenvalue weighted by atomic mass is 9.76. The molecule has 0 radical (unpaired) electrons. The molecule has 2 aliphatic heterocycles. The van der Waals surface area contributed by atoms with E-state index in [1.807, 2.05) is 4.90 Å². The molecule has 0 aliphatic carbocycles. The first kappa shape index (κ1) is 31.3. The average Bonchev–Trinajstić information content (AvgIpc) is 3.66. The minimum atomic E-state index is -4.80. The first-order valence-corrected chi connectivity index (χ1v) is 14.9. The number of pyridine rings is 1. The number of carboxylic acid groups (broad SMARTS) is 1. The number of carboxylic acids is 1. The molecule has 0 saturated carbocycles. The number of alkyl halides is 3. The number of nitrogens with zero attached hydrogens (tertiary/aromatic N) is 6. The molecule has 14 heteroatoms. The van der Waals surface area contributed by atoms with Gasteiger partial charge in [0.15, 0.2) is 0 Å². The number of ether oxygens (including phenoxy) is 2. The molecule has 1 aromatic carbocycles. The van der Waals surface area contributed by atoms with Crippen LogP contribution in [0.3, 0.4) is 0 Å². The highest BCUT2D eigenvalue weighted by molar-refractivity contribution is 5.74. The second-order valence-electron chi connectivity index (χ2n) is 11.9. The van der Waals surface area contributed by atoms with Gasteiger partial charge in [-0.3, -0.25) is 4.79 Å². The van der Waals surface area contributed by atoms with Crippen molar-refractivity contribution < 1.29 is 32.5 Å². The van der Waals surface area contributed by atoms with E-state index in [2.05, 4.69) is 25.4 Å². The highest BCUT2D eigenvalue weighted by atomic mass is 19.4. The minimum Gasteiger partial charge on any atom is -0.481 e. The van der Waals surface area contributed by atoms with E-state index >= 15 is 0 Å². The van der Waals surface area contributed by atoms with Gasteiger partial charge in [0.25, 0.3) is 0 Å². The number of hydrogen-bond donors (Lipinski definition) is 2. The molecular formula is C32H34F3N7O4. The van der Waals surface area contributed by atoms with Crippen molar-refractivity contribution >= 4 is 11.8 Å². The van der Waals surface area contributed by atoms with Crippen molar-refractivity contribution in [1.29, 1.82) is 0 Å². The largest absolute Gasteiger partial charge is 0.481 e. The van der Waals surface area contributed by atoms with E-state index in [0.717, 1.165) is 12.8 Å². The Hall–Kier alpha value is -4.72. The molecule has 2 atom stereocenters. The van der Waals surface area contributed by atoms with Crippen LogP contribution in [0.2, 0.25) is 0 Å². The molecule has 5 heterocycles. The van der Waals surface area contributed by atoms with E-state index in [4.69, 9.17) is 9.47 Å². The number of aromatic nitrogens is 5. The van der Waals surface area contributed by atoms with Crippen molar-refractivity contribution in [1.82, 2.24) is 30.0 Å². The molecule has 1 unspecified atom stereocenters. The lowest BCUT2D eigenvalue weighted by Crippen LogP contribution is -2.41. The van der Waals surface area contributed by atoms with Crippen LogP contribution in [0.1, 0.15) is 42.4 Å². The zero-order valence-electron chi connectivity index (χ0n) is 25.6. The minimum absolute atomic E-state index is 0.127. The molecule has 1 spiro atoms. The number of halogens is 3. The van der Waals surface area contributed by atoms with Gasteiger partial charge in [-0.05, 0) is 62.3 Å². The topological polar surface area (TPSA) is 128 Å². The summed E-state index contributed by atoms with van der Waals surface area (Å²) in [6.45, 7) is 5.15. The molecule has 242 valence electrons. The number of piperidine rings is 1. The third-order valence-electron chi connectivity index (χ3n) is 8.70. The molecule has 11 nitrogen and oxygen atoms in total. The lowest BCUT2D eigenvalue weighted by molar-refractivity contribution is -0.198. The number of carbonyl (C=O) groups is 1. The number of aryl methyl sites for hydroxylation is 2. The molecule has 46 heavy (non-hydrogen) atoms. The van der Waals surface area contributed by atoms with Crippen LogP contribution in [0.5, 0.6) is 11.8 Å². The third kappa shape index (κ3) is 6.48. The van der Waals surface area contributed by atoms with Crippen molar-refractivity contribution in [2.24, 2.45) is 5.41 Å². The Morgan fingerprint density at radius 1 is 1.07 bits per heavy atom. The van der Waals surface area contributed by atoms with Crippen molar-refractivity contribution in [3.05, 3.63) is 71.9 Å². The molecule has 4 aromatic rings. The van der Waals surface area contributed by atoms with Crippen molar-refractivity contribution in [3.8, 4) is 28.6 Å². The lowest BCUT2D eigenvalue weighted by Gasteiger charge is -2.39. The quantitative estimate of drug-likeness (QED) is 0.271. The van der Waals surface area contributed by atoms with Crippen LogP contribution in [-0.4, -0.2) is 74.8 Å². The smallest absolute Gasteiger partial charge is 0.429 e. The summed E-state index contributed by atoms with van der Waals surface area (Å²) in [5.41, 5.74) is 1.89. The maximum Gasteiger partial charge on any atom is 0.429 e. The summed E-state index contributed by atoms with van der Waals surface area (Å²) < 4.78 is 56.7. The van der Waals surface area contributed by atoms with E-state index in [-0.39, 0.29) is 28.4 Å². The zero-order valence-corrected chi connectivity index (χ0v) is 25.6. The predicted molar refractivity (Wildman–Crippen MR) is 162 cm³/mol. The molecule has 2 aliphatic rings. The summed E-state index contributed by atoms with van der Waals surface area (Å²) in [5, 5.41) is 16.9. The van der Waals surface area contributed by atoms with Crippen molar-refractivity contribution in [2.75, 3.05) is 31.6 Å². The van der Waals surface area contributed by atoms with Gasteiger partial charge in [-0.25, -0.2) is 14.6 Å². The summed E-state index contributed by atoms with van der Waals surface area (Å²) in [5.74, 6) is 0.0890. The Labute approximate surface area is 263 Å². The Bertz CT molecular complexity index is 1720. The van der Waals surface area contributed by atoms with Gasteiger partial charge >= 0.3 is 12.1 Å². The van der Waals surface area contributed by atoms with E-state index < -0.39 is 24.3 Å². The van der Waals surface area contributed by atoms with Crippen LogP contribution in [0, 0.1) is 19.3 Å². The molecule has 2 fully saturated rings. The Kier molecular flexibility index (Phi) is 8.32. The Morgan fingerprint density at radius 2 is 1.83 bits per heavy atom. The van der Waals surface area contributed by atoms with Crippen LogP contribution in [0.4, 0.5) is 19.0 Å². The highest BCUT2D eigenvalue weighted by Gasteiger charge is 2.46. The van der Waals surface area contributed by atoms with E-state index in [9.17, 15) is 23.1 Å². The first-order valence-electron chi connectivity index (χ1n) is 14.9. The number of rotatable bonds is 8. The van der Waals surface area contributed by atoms with Crippen LogP contribution in [0.25, 0.3) is 16.8 Å². The molecule has 0 bridgehead atoms. The fourth-order valence-electron chi connectivity index (χ4n) is 6.22. The summed E-state index contributed by atoms with van der Waals surface area (Å²) in [4.78, 5) is 26.4. The first-order chi connectivity index (χ1) is 21.9. The molecule has 0 amide bonds. The summed E-state index contributed by atoms with van der Waals surface area (Å²) in [6, 6.07) is 10.6. The van der Waals surface area contributed by atoms with Gasteiger partial charge in [0.1, 0.15) is 17.7 Å². The second-order valence-corrected chi connectivity index (χ2v) is 11.9. The van der Waals surface area contributed by atoms with Gasteiger partial charge in [0.2, 0.25) is 17.9 Å². The fraction of sp³-hybridized carbons (Fsp3) is 0.406. The number of aliphatic carboxylic acids is 1. The third-order valence-corrected chi connectivity index (χ3v) is 8.70. The number of methoxy groups -OCH3 is 1. The normalized spacial score (nSPS) is 18.5. The summed E-state index contributed by atoms with van der Waals surface area (Å²) in [6.07, 6.45) is -1.95. The number of nitrogens with one attached hydrogen (secondary N) is 1. The molecule has 2 N–H and O–H groups in total. The van der Waals surface area contributed by atoms with Gasteiger partial charge in [-0.15, -0.1) is 0 Å². The predicted octanol–water partition coefficient (Wildman–Crippen LogP) is 5.07. The van der Waals surface area contributed by atoms with Gasteiger partial charge in [0, 0.05) is 55.3 Å². The van der Waals surface area contributed by atoms with Gasteiger partial charge in [-0.1, -0.05) is 12.1 Å². The monoisotopic (exact) mass is 637 g/mol. The molecule has 3 aromatic heterocycles. The molecular weight excluding hydrogens is 603 g/mol. The van der Waals surface area contributed by atoms with E-state index in [1.165, 1.54) is 23.9 Å². The highest BCUT2D eigenvalue weighted by Crippen LogP contribution is 2.42. The number of hydrogen-bond acceptors (Lipinski definition) is 9. The summed E-state index contributed by atoms with van der Waals surface area (Å²) in [7, 11) is 1.50. The van der Waals surface area contributed by atoms with Crippen LogP contribution < -0.4 is 19.7 Å². The van der Waals surface area contributed by atoms with E-state index in [1.54, 1.807) is 56.6 Å². The number of benzene rings is 1. The second kappa shape index (κ2) is 12.2. The summed E-state index contributed by atoms with van der Waals surface area (Å²) >= 11 is 0. The Morgan fingerprint density at radius 3 is 2.43 bits per heavy atom. The fourth-order valence-corrected chi connectivity index (χ4v) is 6.22. The van der Waals surface area contributed by atoms with Gasteiger partial charge in [0.05, 0.1) is 18.5 Å².